The fourth-order valence-corrected chi connectivity index (χ4v) is 3.57. The molecule has 0 unspecified atom stereocenters. The van der Waals surface area contributed by atoms with Crippen LogP contribution in [0.1, 0.15) is 12.5 Å². The highest BCUT2D eigenvalue weighted by Gasteiger charge is 2.44. The Morgan fingerprint density at radius 3 is 2.62 bits per heavy atom. The molecular formula is C17H23NO5S. The smallest absolute Gasteiger partial charge is 0.217 e. The standard InChI is InChI=1S/C17H23NO5S/c1-11(20)18-14-16(22)15(21)13(10-19)23-17(14)24-9-5-8-12-6-3-2-4-7-12/h2-8,13-17,19,21-22H,9-10H2,1H3,(H,18,20)/b8-5+/t13-,14+,15-,16-,17-/m1/s1. The minimum atomic E-state index is -1.25. The van der Waals surface area contributed by atoms with Crippen LogP contribution in [0.25, 0.3) is 6.08 Å². The largest absolute Gasteiger partial charge is 0.394 e. The van der Waals surface area contributed by atoms with Crippen molar-refractivity contribution in [2.45, 2.75) is 36.7 Å². The second-order valence-corrected chi connectivity index (χ2v) is 6.71. The SMILES string of the molecule is CC(=O)N[C@H]1[C@@H](O)[C@H](O)[C@@H](CO)O[C@@H]1SC/C=C/c1ccccc1. The summed E-state index contributed by atoms with van der Waals surface area (Å²) in [4.78, 5) is 11.3. The molecule has 5 atom stereocenters. The Hall–Kier alpha value is -1.38. The van der Waals surface area contributed by atoms with Gasteiger partial charge in [0.25, 0.3) is 0 Å². The molecule has 0 radical (unpaired) electrons. The van der Waals surface area contributed by atoms with Crippen molar-refractivity contribution in [2.75, 3.05) is 12.4 Å². The number of aliphatic hydroxyl groups is 3. The first-order valence-electron chi connectivity index (χ1n) is 7.75. The predicted molar refractivity (Wildman–Crippen MR) is 93.3 cm³/mol. The first-order valence-corrected chi connectivity index (χ1v) is 8.80. The third kappa shape index (κ3) is 5.06. The van der Waals surface area contributed by atoms with Gasteiger partial charge < -0.3 is 25.4 Å². The van der Waals surface area contributed by atoms with Gasteiger partial charge in [-0.25, -0.2) is 0 Å². The number of aliphatic hydroxyl groups excluding tert-OH is 3. The van der Waals surface area contributed by atoms with Crippen LogP contribution in [0.2, 0.25) is 0 Å². The topological polar surface area (TPSA) is 99.0 Å². The molecule has 0 spiro atoms. The lowest BCUT2D eigenvalue weighted by molar-refractivity contribution is -0.173. The fourth-order valence-electron chi connectivity index (χ4n) is 2.51. The van der Waals surface area contributed by atoms with E-state index in [9.17, 15) is 20.1 Å². The number of ether oxygens (including phenoxy) is 1. The highest BCUT2D eigenvalue weighted by molar-refractivity contribution is 7.99. The van der Waals surface area contributed by atoms with Crippen molar-refractivity contribution in [3.05, 3.63) is 42.0 Å². The van der Waals surface area contributed by atoms with Crippen LogP contribution in [0.15, 0.2) is 36.4 Å². The number of benzene rings is 1. The maximum Gasteiger partial charge on any atom is 0.217 e. The van der Waals surface area contributed by atoms with Crippen molar-refractivity contribution in [3.63, 3.8) is 0 Å². The summed E-state index contributed by atoms with van der Waals surface area (Å²) in [5.41, 5.74) is 0.509. The van der Waals surface area contributed by atoms with Gasteiger partial charge in [0.2, 0.25) is 5.91 Å². The normalized spacial score (nSPS) is 30.4. The Morgan fingerprint density at radius 2 is 2.00 bits per heavy atom. The summed E-state index contributed by atoms with van der Waals surface area (Å²) in [5, 5.41) is 32.0. The van der Waals surface area contributed by atoms with E-state index in [4.69, 9.17) is 4.74 Å². The lowest BCUT2D eigenvalue weighted by Crippen LogP contribution is -2.63. The van der Waals surface area contributed by atoms with Crippen molar-refractivity contribution < 1.29 is 24.9 Å². The zero-order valence-corrected chi connectivity index (χ0v) is 14.2. The summed E-state index contributed by atoms with van der Waals surface area (Å²) in [6.07, 6.45) is 0.608. The minimum Gasteiger partial charge on any atom is -0.394 e. The molecule has 7 heteroatoms. The number of nitrogens with one attached hydrogen (secondary N) is 1. The van der Waals surface area contributed by atoms with E-state index in [1.165, 1.54) is 18.7 Å². The van der Waals surface area contributed by atoms with Gasteiger partial charge in [-0.05, 0) is 5.56 Å². The quantitative estimate of drug-likeness (QED) is 0.590. The summed E-state index contributed by atoms with van der Waals surface area (Å²) in [6, 6.07) is 9.08. The Labute approximate surface area is 145 Å². The number of hydrogen-bond donors (Lipinski definition) is 4. The Morgan fingerprint density at radius 1 is 1.29 bits per heavy atom. The van der Waals surface area contributed by atoms with E-state index >= 15 is 0 Å². The summed E-state index contributed by atoms with van der Waals surface area (Å²) < 4.78 is 5.64. The van der Waals surface area contributed by atoms with Gasteiger partial charge in [0.05, 0.1) is 12.6 Å². The number of carbonyl (C=O) groups excluding carboxylic acids is 1. The minimum absolute atomic E-state index is 0.317. The molecular weight excluding hydrogens is 330 g/mol. The molecule has 1 amide bonds. The summed E-state index contributed by atoms with van der Waals surface area (Å²) in [5.74, 6) is 0.277. The summed E-state index contributed by atoms with van der Waals surface area (Å²) >= 11 is 1.39. The fraction of sp³-hybridized carbons (Fsp3) is 0.471. The molecule has 1 heterocycles. The van der Waals surface area contributed by atoms with Crippen molar-refractivity contribution >= 4 is 23.7 Å². The zero-order valence-electron chi connectivity index (χ0n) is 13.4. The molecule has 1 aromatic rings. The number of thioether (sulfide) groups is 1. The molecule has 1 aromatic carbocycles. The number of carbonyl (C=O) groups is 1. The first-order chi connectivity index (χ1) is 11.5. The maximum absolute atomic E-state index is 11.3. The lowest BCUT2D eigenvalue weighted by Gasteiger charge is -2.42. The van der Waals surface area contributed by atoms with Gasteiger partial charge in [-0.15, -0.1) is 11.8 Å². The average molecular weight is 353 g/mol. The molecule has 4 N–H and O–H groups in total. The lowest BCUT2D eigenvalue weighted by atomic mass is 9.98. The van der Waals surface area contributed by atoms with Gasteiger partial charge in [0, 0.05) is 12.7 Å². The molecule has 0 aromatic heterocycles. The Kier molecular flexibility index (Phi) is 7.26. The van der Waals surface area contributed by atoms with Crippen molar-refractivity contribution in [2.24, 2.45) is 0 Å². The van der Waals surface area contributed by atoms with Crippen LogP contribution < -0.4 is 5.32 Å². The highest BCUT2D eigenvalue weighted by atomic mass is 32.2. The maximum atomic E-state index is 11.3. The summed E-state index contributed by atoms with van der Waals surface area (Å²) in [7, 11) is 0. The predicted octanol–water partition coefficient (Wildman–Crippen LogP) is 0.377. The van der Waals surface area contributed by atoms with Crippen LogP contribution in [0.3, 0.4) is 0 Å². The molecule has 1 saturated heterocycles. The third-order valence-electron chi connectivity index (χ3n) is 3.72. The van der Waals surface area contributed by atoms with E-state index in [0.29, 0.717) is 5.75 Å². The number of amides is 1. The van der Waals surface area contributed by atoms with Gasteiger partial charge in [0.15, 0.2) is 0 Å². The van der Waals surface area contributed by atoms with E-state index in [1.54, 1.807) is 0 Å². The van der Waals surface area contributed by atoms with E-state index in [-0.39, 0.29) is 5.91 Å². The molecule has 24 heavy (non-hydrogen) atoms. The van der Waals surface area contributed by atoms with Crippen LogP contribution in [0, 0.1) is 0 Å². The van der Waals surface area contributed by atoms with E-state index in [0.717, 1.165) is 5.56 Å². The van der Waals surface area contributed by atoms with E-state index < -0.39 is 36.4 Å². The van der Waals surface area contributed by atoms with Crippen LogP contribution in [-0.2, 0) is 9.53 Å². The Balaban J connectivity index is 1.98. The van der Waals surface area contributed by atoms with Crippen LogP contribution in [-0.4, -0.2) is 63.4 Å². The Bertz CT molecular complexity index is 553. The second kappa shape index (κ2) is 9.19. The molecule has 132 valence electrons. The molecule has 2 rings (SSSR count). The van der Waals surface area contributed by atoms with Gasteiger partial charge in [-0.2, -0.15) is 0 Å². The van der Waals surface area contributed by atoms with Crippen LogP contribution >= 0.6 is 11.8 Å². The molecule has 1 fully saturated rings. The van der Waals surface area contributed by atoms with Gasteiger partial charge >= 0.3 is 0 Å². The van der Waals surface area contributed by atoms with Gasteiger partial charge in [0.1, 0.15) is 23.7 Å². The monoisotopic (exact) mass is 353 g/mol. The molecule has 1 aliphatic rings. The molecule has 1 aliphatic heterocycles. The molecule has 0 saturated carbocycles. The zero-order chi connectivity index (χ0) is 17.5. The molecule has 0 bridgehead atoms. The van der Waals surface area contributed by atoms with E-state index in [1.807, 2.05) is 42.5 Å². The van der Waals surface area contributed by atoms with Crippen LogP contribution in [0.5, 0.6) is 0 Å². The second-order valence-electron chi connectivity index (χ2n) is 5.58. The van der Waals surface area contributed by atoms with Gasteiger partial charge in [-0.1, -0.05) is 42.5 Å². The van der Waals surface area contributed by atoms with Crippen LogP contribution in [0.4, 0.5) is 0 Å². The summed E-state index contributed by atoms with van der Waals surface area (Å²) in [6.45, 7) is 0.941. The van der Waals surface area contributed by atoms with Crippen molar-refractivity contribution in [1.82, 2.24) is 5.32 Å². The molecule has 6 nitrogen and oxygen atoms in total. The van der Waals surface area contributed by atoms with E-state index in [2.05, 4.69) is 5.32 Å². The number of rotatable bonds is 6. The van der Waals surface area contributed by atoms with Crippen molar-refractivity contribution in [3.8, 4) is 0 Å². The third-order valence-corrected chi connectivity index (χ3v) is 4.84. The van der Waals surface area contributed by atoms with Crippen molar-refractivity contribution in [1.29, 1.82) is 0 Å². The average Bonchev–Trinajstić information content (AvgIpc) is 2.58. The van der Waals surface area contributed by atoms with Gasteiger partial charge in [-0.3, -0.25) is 4.79 Å². The highest BCUT2D eigenvalue weighted by Crippen LogP contribution is 2.28. The number of hydrogen-bond acceptors (Lipinski definition) is 6. The molecule has 0 aliphatic carbocycles. The first kappa shape index (κ1) is 19.0.